The van der Waals surface area contributed by atoms with E-state index in [1.165, 1.54) is 16.6 Å². The topological polar surface area (TPSA) is 136 Å². The Bertz CT molecular complexity index is 1460. The van der Waals surface area contributed by atoms with E-state index in [4.69, 9.17) is 5.73 Å². The highest BCUT2D eigenvalue weighted by Crippen LogP contribution is 2.31. The minimum absolute atomic E-state index is 0.0657. The fourth-order valence-electron chi connectivity index (χ4n) is 4.26. The maximum absolute atomic E-state index is 14.0. The van der Waals surface area contributed by atoms with Crippen molar-refractivity contribution in [2.75, 3.05) is 24.1 Å². The van der Waals surface area contributed by atoms with Gasteiger partial charge in [0.05, 0.1) is 16.8 Å². The average Bonchev–Trinajstić information content (AvgIpc) is 3.54. The molecule has 2 aliphatic heterocycles. The second-order valence-corrected chi connectivity index (χ2v) is 11.5. The number of aromatic nitrogens is 3. The number of sulfonamides is 1. The molecule has 2 aliphatic rings. The predicted molar refractivity (Wildman–Crippen MR) is 136 cm³/mol. The van der Waals surface area contributed by atoms with Crippen LogP contribution in [-0.2, 0) is 10.0 Å². The Morgan fingerprint density at radius 1 is 1.19 bits per heavy atom. The number of anilines is 2. The molecule has 5 rings (SSSR count). The number of benzene rings is 1. The van der Waals surface area contributed by atoms with Crippen molar-refractivity contribution >= 4 is 44.3 Å². The lowest BCUT2D eigenvalue weighted by molar-refractivity contribution is 0.103. The molecule has 194 valence electrons. The molecule has 0 amide bonds. The maximum Gasteiger partial charge on any atom is 0.244 e. The summed E-state index contributed by atoms with van der Waals surface area (Å²) in [6.07, 6.45) is 9.34. The zero-order valence-corrected chi connectivity index (χ0v) is 21.1. The number of nitrogens with two attached hydrogens (primary N) is 1. The van der Waals surface area contributed by atoms with Gasteiger partial charge in [0.1, 0.15) is 28.5 Å². The molecule has 1 saturated heterocycles. The smallest absolute Gasteiger partial charge is 0.244 e. The summed E-state index contributed by atoms with van der Waals surface area (Å²) >= 11 is 0.907. The van der Waals surface area contributed by atoms with Crippen LogP contribution in [0.2, 0.25) is 0 Å². The zero-order chi connectivity index (χ0) is 26.2. The molecule has 0 saturated carbocycles. The van der Waals surface area contributed by atoms with Crippen LogP contribution in [-0.4, -0.2) is 58.4 Å². The number of thiazole rings is 1. The Balaban J connectivity index is 1.20. The molecule has 37 heavy (non-hydrogen) atoms. The van der Waals surface area contributed by atoms with E-state index in [0.29, 0.717) is 24.4 Å². The Morgan fingerprint density at radius 3 is 2.54 bits per heavy atom. The number of hydrogen-bond acceptors (Lipinski definition) is 9. The van der Waals surface area contributed by atoms with Gasteiger partial charge in [0.2, 0.25) is 15.8 Å². The van der Waals surface area contributed by atoms with Gasteiger partial charge in [-0.05, 0) is 25.0 Å². The number of piperidine rings is 1. The molecule has 3 aromatic rings. The van der Waals surface area contributed by atoms with Crippen molar-refractivity contribution in [1.29, 1.82) is 0 Å². The monoisotopic (exact) mass is 547 g/mol. The Hall–Kier alpha value is -3.49. The van der Waals surface area contributed by atoms with E-state index in [9.17, 15) is 22.0 Å². The summed E-state index contributed by atoms with van der Waals surface area (Å²) in [5.74, 6) is -2.96. The summed E-state index contributed by atoms with van der Waals surface area (Å²) in [6.45, 7) is 0.562. The molecule has 3 N–H and O–H groups in total. The highest BCUT2D eigenvalue weighted by molar-refractivity contribution is 7.93. The van der Waals surface area contributed by atoms with Crippen LogP contribution < -0.4 is 11.1 Å². The number of hydrogen-bond donors (Lipinski definition) is 2. The minimum Gasteiger partial charge on any atom is -0.382 e. The summed E-state index contributed by atoms with van der Waals surface area (Å²) < 4.78 is 57.6. The van der Waals surface area contributed by atoms with Crippen molar-refractivity contribution < 1.29 is 22.0 Å². The van der Waals surface area contributed by atoms with Gasteiger partial charge in [-0.1, -0.05) is 23.5 Å². The third-order valence-electron chi connectivity index (χ3n) is 6.24. The van der Waals surface area contributed by atoms with E-state index in [2.05, 4.69) is 20.3 Å². The van der Waals surface area contributed by atoms with E-state index < -0.39 is 33.0 Å². The van der Waals surface area contributed by atoms with Crippen molar-refractivity contribution in [3.05, 3.63) is 70.0 Å². The van der Waals surface area contributed by atoms with Crippen LogP contribution in [0.3, 0.4) is 0 Å². The molecule has 1 unspecified atom stereocenters. The molecule has 1 atom stereocenters. The number of rotatable bonds is 7. The van der Waals surface area contributed by atoms with E-state index in [1.54, 1.807) is 24.8 Å². The number of nitrogens with one attached hydrogen (secondary N) is 1. The van der Waals surface area contributed by atoms with Crippen molar-refractivity contribution in [3.8, 4) is 0 Å². The van der Waals surface area contributed by atoms with Crippen molar-refractivity contribution in [2.24, 2.45) is 4.99 Å². The largest absolute Gasteiger partial charge is 0.382 e. The minimum atomic E-state index is -3.68. The van der Waals surface area contributed by atoms with Crippen LogP contribution in [0.25, 0.3) is 0 Å². The number of carbonyl (C=O) groups is 1. The highest BCUT2D eigenvalue weighted by atomic mass is 32.2. The van der Waals surface area contributed by atoms with E-state index in [0.717, 1.165) is 23.5 Å². The third-order valence-corrected chi connectivity index (χ3v) is 9.16. The number of nitrogens with zero attached hydrogens (tertiary/aromatic N) is 5. The number of ketones is 1. The predicted octanol–water partition coefficient (Wildman–Crippen LogP) is 3.19. The fourth-order valence-corrected chi connectivity index (χ4v) is 6.66. The number of carbonyl (C=O) groups excluding carboxylic acids is 1. The molecule has 0 aliphatic carbocycles. The number of nitrogen functional groups attached to an aromatic ring is 1. The van der Waals surface area contributed by atoms with Gasteiger partial charge in [-0.15, -0.1) is 0 Å². The Labute approximate surface area is 215 Å². The molecule has 0 spiro atoms. The number of imidazole rings is 1. The number of allylic oxidation sites excluding steroid dienone is 1. The summed E-state index contributed by atoms with van der Waals surface area (Å²) in [6, 6.07) is 3.06. The molecule has 0 bridgehead atoms. The van der Waals surface area contributed by atoms with Crippen LogP contribution >= 0.6 is 11.3 Å². The molecule has 0 radical (unpaired) electrons. The molecular weight excluding hydrogens is 524 g/mol. The fraction of sp³-hybridized carbons (Fsp3) is 0.304. The third kappa shape index (κ3) is 5.04. The van der Waals surface area contributed by atoms with Gasteiger partial charge in [-0.3, -0.25) is 9.79 Å². The molecule has 2 aromatic heterocycles. The second-order valence-electron chi connectivity index (χ2n) is 8.59. The second kappa shape index (κ2) is 10.1. The number of halogens is 2. The van der Waals surface area contributed by atoms with Crippen LogP contribution in [0, 0.1) is 11.6 Å². The van der Waals surface area contributed by atoms with Crippen LogP contribution in [0.15, 0.2) is 52.9 Å². The summed E-state index contributed by atoms with van der Waals surface area (Å²) in [4.78, 5) is 25.3. The molecule has 1 aromatic carbocycles. The maximum atomic E-state index is 14.0. The van der Waals surface area contributed by atoms with Gasteiger partial charge < -0.3 is 15.6 Å². The van der Waals surface area contributed by atoms with E-state index in [1.807, 2.05) is 4.57 Å². The SMILES string of the molecule is Nc1nc(NC2CCN(S(=O)(=O)C3=CCC(n4ccnc4)N=C3)CC2)sc1C(=O)c1c(F)cccc1F. The van der Waals surface area contributed by atoms with Gasteiger partial charge in [0.15, 0.2) is 5.13 Å². The summed E-state index contributed by atoms with van der Waals surface area (Å²) in [5, 5.41) is 3.49. The van der Waals surface area contributed by atoms with E-state index >= 15 is 0 Å². The number of aliphatic imine (C=N–C) groups is 1. The Kier molecular flexibility index (Phi) is 6.88. The first-order chi connectivity index (χ1) is 17.7. The lowest BCUT2D eigenvalue weighted by Gasteiger charge is -2.32. The summed E-state index contributed by atoms with van der Waals surface area (Å²) in [5.41, 5.74) is 5.19. The first-order valence-electron chi connectivity index (χ1n) is 11.5. The lowest BCUT2D eigenvalue weighted by Crippen LogP contribution is -2.43. The first kappa shape index (κ1) is 25.2. The molecule has 14 heteroatoms. The van der Waals surface area contributed by atoms with Gasteiger partial charge in [-0.2, -0.15) is 4.31 Å². The summed E-state index contributed by atoms with van der Waals surface area (Å²) in [7, 11) is -3.68. The quantitative estimate of drug-likeness (QED) is 0.434. The van der Waals surface area contributed by atoms with Crippen molar-refractivity contribution in [1.82, 2.24) is 18.8 Å². The van der Waals surface area contributed by atoms with Gasteiger partial charge in [-0.25, -0.2) is 27.2 Å². The van der Waals surface area contributed by atoms with Crippen molar-refractivity contribution in [3.63, 3.8) is 0 Å². The average molecular weight is 548 g/mol. The van der Waals surface area contributed by atoms with E-state index in [-0.39, 0.29) is 40.9 Å². The normalized spacial score (nSPS) is 19.1. The van der Waals surface area contributed by atoms with Crippen LogP contribution in [0.4, 0.5) is 19.7 Å². The van der Waals surface area contributed by atoms with Gasteiger partial charge in [0.25, 0.3) is 0 Å². The molecule has 10 nitrogen and oxygen atoms in total. The zero-order valence-electron chi connectivity index (χ0n) is 19.4. The standard InChI is InChI=1S/C23H23F2N7O3S2/c24-16-2-1-3-17(25)19(16)20(33)21-22(26)30-23(36-21)29-14-6-9-32(10-7-14)37(34,35)15-4-5-18(28-12-15)31-11-8-27-13-31/h1-4,8,11-14,18H,5-7,9-10,26H2,(H,29,30). The van der Waals surface area contributed by atoms with Crippen LogP contribution in [0.5, 0.6) is 0 Å². The Morgan fingerprint density at radius 2 is 1.92 bits per heavy atom. The molecule has 1 fully saturated rings. The van der Waals surface area contributed by atoms with Crippen LogP contribution in [0.1, 0.15) is 40.7 Å². The van der Waals surface area contributed by atoms with Gasteiger partial charge >= 0.3 is 0 Å². The molecule has 4 heterocycles. The van der Waals surface area contributed by atoms with Gasteiger partial charge in [0, 0.05) is 44.2 Å². The first-order valence-corrected chi connectivity index (χ1v) is 13.7. The molecular formula is C23H23F2N7O3S2. The number of dihydropyridines is 1. The lowest BCUT2D eigenvalue weighted by atomic mass is 10.1. The van der Waals surface area contributed by atoms with Crippen molar-refractivity contribution in [2.45, 2.75) is 31.5 Å². The highest BCUT2D eigenvalue weighted by Gasteiger charge is 2.32.